The summed E-state index contributed by atoms with van der Waals surface area (Å²) in [6.45, 7) is 10.3. The lowest BCUT2D eigenvalue weighted by Crippen LogP contribution is -2.55. The van der Waals surface area contributed by atoms with E-state index in [4.69, 9.17) is 4.74 Å². The second kappa shape index (κ2) is 6.37. The fourth-order valence-electron chi connectivity index (χ4n) is 2.50. The van der Waals surface area contributed by atoms with Crippen LogP contribution in [0.25, 0.3) is 0 Å². The van der Waals surface area contributed by atoms with Gasteiger partial charge in [-0.2, -0.15) is 0 Å². The predicted octanol–water partition coefficient (Wildman–Crippen LogP) is 1.84. The van der Waals surface area contributed by atoms with E-state index in [0.29, 0.717) is 6.54 Å². The van der Waals surface area contributed by atoms with Gasteiger partial charge in [-0.1, -0.05) is 18.2 Å². The number of nitrogens with zero attached hydrogens (tertiary/aromatic N) is 1. The molecular formula is C16H24N2O2. The van der Waals surface area contributed by atoms with Crippen molar-refractivity contribution in [3.05, 3.63) is 35.4 Å². The molecule has 1 aromatic carbocycles. The van der Waals surface area contributed by atoms with Crippen molar-refractivity contribution in [2.75, 3.05) is 32.8 Å². The Kier molecular flexibility index (Phi) is 4.78. The number of carbonyl (C=O) groups excluding carboxylic acids is 1. The maximum Gasteiger partial charge on any atom is 0.251 e. The molecule has 1 heterocycles. The molecule has 1 fully saturated rings. The van der Waals surface area contributed by atoms with Crippen LogP contribution in [0.5, 0.6) is 0 Å². The highest BCUT2D eigenvalue weighted by molar-refractivity contribution is 5.95. The van der Waals surface area contributed by atoms with Crippen LogP contribution in [-0.2, 0) is 4.74 Å². The monoisotopic (exact) mass is 276 g/mol. The maximum atomic E-state index is 12.2. The predicted molar refractivity (Wildman–Crippen MR) is 80.0 cm³/mol. The Morgan fingerprint density at radius 2 is 1.95 bits per heavy atom. The van der Waals surface area contributed by atoms with E-state index < -0.39 is 0 Å². The standard InChI is InChI=1S/C16H24N2O2/c1-13-6-4-5-7-14(13)15(19)17-12-16(2,3)18-8-10-20-11-9-18/h4-7H,8-12H2,1-3H3,(H,17,19). The van der Waals surface area contributed by atoms with Crippen LogP contribution >= 0.6 is 0 Å². The summed E-state index contributed by atoms with van der Waals surface area (Å²) < 4.78 is 5.38. The molecule has 0 atom stereocenters. The van der Waals surface area contributed by atoms with Crippen molar-refractivity contribution in [3.63, 3.8) is 0 Å². The van der Waals surface area contributed by atoms with Crippen molar-refractivity contribution >= 4 is 5.91 Å². The first-order chi connectivity index (χ1) is 9.50. The molecule has 20 heavy (non-hydrogen) atoms. The van der Waals surface area contributed by atoms with Crippen LogP contribution in [0.15, 0.2) is 24.3 Å². The molecule has 2 rings (SSSR count). The molecule has 1 aromatic rings. The zero-order valence-corrected chi connectivity index (χ0v) is 12.6. The van der Waals surface area contributed by atoms with Gasteiger partial charge in [-0.15, -0.1) is 0 Å². The third-order valence-electron chi connectivity index (χ3n) is 3.94. The highest BCUT2D eigenvalue weighted by Crippen LogP contribution is 2.15. The van der Waals surface area contributed by atoms with Crippen LogP contribution in [-0.4, -0.2) is 49.2 Å². The minimum absolute atomic E-state index is 0.00411. The van der Waals surface area contributed by atoms with E-state index in [1.54, 1.807) is 0 Å². The molecule has 1 N–H and O–H groups in total. The summed E-state index contributed by atoms with van der Waals surface area (Å²) in [5, 5.41) is 3.06. The zero-order valence-electron chi connectivity index (χ0n) is 12.6. The molecule has 0 saturated carbocycles. The number of aryl methyl sites for hydroxylation is 1. The molecule has 0 spiro atoms. The number of carbonyl (C=O) groups is 1. The Hall–Kier alpha value is -1.39. The molecule has 1 saturated heterocycles. The molecule has 1 aliphatic rings. The van der Waals surface area contributed by atoms with Crippen LogP contribution in [0.1, 0.15) is 29.8 Å². The summed E-state index contributed by atoms with van der Waals surface area (Å²) >= 11 is 0. The summed E-state index contributed by atoms with van der Waals surface area (Å²) in [4.78, 5) is 14.6. The van der Waals surface area contributed by atoms with Crippen LogP contribution in [0.2, 0.25) is 0 Å². The molecule has 1 aliphatic heterocycles. The average molecular weight is 276 g/mol. The fourth-order valence-corrected chi connectivity index (χ4v) is 2.50. The Labute approximate surface area is 121 Å². The number of hydrogen-bond donors (Lipinski definition) is 1. The number of nitrogens with one attached hydrogen (secondary N) is 1. The molecule has 4 nitrogen and oxygen atoms in total. The number of benzene rings is 1. The van der Waals surface area contributed by atoms with Crippen LogP contribution in [0.4, 0.5) is 0 Å². The molecule has 1 amide bonds. The largest absolute Gasteiger partial charge is 0.379 e. The van der Waals surface area contributed by atoms with Gasteiger partial charge in [-0.05, 0) is 32.4 Å². The Morgan fingerprint density at radius 1 is 1.30 bits per heavy atom. The van der Waals surface area contributed by atoms with Crippen molar-refractivity contribution < 1.29 is 9.53 Å². The van der Waals surface area contributed by atoms with Gasteiger partial charge in [0.1, 0.15) is 0 Å². The van der Waals surface area contributed by atoms with Gasteiger partial charge in [-0.3, -0.25) is 9.69 Å². The number of rotatable bonds is 4. The lowest BCUT2D eigenvalue weighted by atomic mass is 10.0. The maximum absolute atomic E-state index is 12.2. The van der Waals surface area contributed by atoms with E-state index >= 15 is 0 Å². The number of hydrogen-bond acceptors (Lipinski definition) is 3. The van der Waals surface area contributed by atoms with Gasteiger partial charge in [0.15, 0.2) is 0 Å². The first-order valence-electron chi connectivity index (χ1n) is 7.17. The van der Waals surface area contributed by atoms with Gasteiger partial charge >= 0.3 is 0 Å². The molecule has 110 valence electrons. The molecular weight excluding hydrogens is 252 g/mol. The lowest BCUT2D eigenvalue weighted by Gasteiger charge is -2.40. The van der Waals surface area contributed by atoms with E-state index in [1.165, 1.54) is 0 Å². The topological polar surface area (TPSA) is 41.6 Å². The summed E-state index contributed by atoms with van der Waals surface area (Å²) in [6, 6.07) is 7.67. The van der Waals surface area contributed by atoms with Crippen LogP contribution < -0.4 is 5.32 Å². The highest BCUT2D eigenvalue weighted by atomic mass is 16.5. The van der Waals surface area contributed by atoms with Crippen molar-refractivity contribution in [3.8, 4) is 0 Å². The Bertz CT molecular complexity index is 465. The summed E-state index contributed by atoms with van der Waals surface area (Å²) in [5.41, 5.74) is 1.71. The molecule has 0 bridgehead atoms. The van der Waals surface area contributed by atoms with E-state index in [0.717, 1.165) is 37.4 Å². The van der Waals surface area contributed by atoms with Crippen LogP contribution in [0.3, 0.4) is 0 Å². The first-order valence-corrected chi connectivity index (χ1v) is 7.17. The minimum atomic E-state index is -0.0534. The molecule has 0 unspecified atom stereocenters. The summed E-state index contributed by atoms with van der Waals surface area (Å²) in [7, 11) is 0. The fraction of sp³-hybridized carbons (Fsp3) is 0.562. The SMILES string of the molecule is Cc1ccccc1C(=O)NCC(C)(C)N1CCOCC1. The molecule has 0 aromatic heterocycles. The van der Waals surface area contributed by atoms with E-state index in [9.17, 15) is 4.79 Å². The van der Waals surface area contributed by atoms with E-state index in [2.05, 4.69) is 24.1 Å². The third-order valence-corrected chi connectivity index (χ3v) is 3.94. The third kappa shape index (κ3) is 3.58. The van der Waals surface area contributed by atoms with Gasteiger partial charge in [-0.25, -0.2) is 0 Å². The summed E-state index contributed by atoms with van der Waals surface area (Å²) in [5.74, 6) is 0.00411. The van der Waals surface area contributed by atoms with Crippen LogP contribution in [0, 0.1) is 6.92 Å². The number of morpholine rings is 1. The summed E-state index contributed by atoms with van der Waals surface area (Å²) in [6.07, 6.45) is 0. The van der Waals surface area contributed by atoms with Gasteiger partial charge in [0.05, 0.1) is 13.2 Å². The smallest absolute Gasteiger partial charge is 0.251 e. The average Bonchev–Trinajstić information content (AvgIpc) is 2.46. The molecule has 4 heteroatoms. The molecule has 0 radical (unpaired) electrons. The van der Waals surface area contributed by atoms with Crippen molar-refractivity contribution in [1.29, 1.82) is 0 Å². The quantitative estimate of drug-likeness (QED) is 0.912. The van der Waals surface area contributed by atoms with Crippen molar-refractivity contribution in [1.82, 2.24) is 10.2 Å². The van der Waals surface area contributed by atoms with Crippen molar-refractivity contribution in [2.45, 2.75) is 26.3 Å². The van der Waals surface area contributed by atoms with Gasteiger partial charge < -0.3 is 10.1 Å². The number of amides is 1. The normalized spacial score (nSPS) is 16.9. The van der Waals surface area contributed by atoms with Gasteiger partial charge in [0, 0.05) is 30.7 Å². The number of ether oxygens (including phenoxy) is 1. The first kappa shape index (κ1) is 15.0. The van der Waals surface area contributed by atoms with E-state index in [1.807, 2.05) is 31.2 Å². The highest BCUT2D eigenvalue weighted by Gasteiger charge is 2.28. The van der Waals surface area contributed by atoms with Gasteiger partial charge in [0.2, 0.25) is 0 Å². The van der Waals surface area contributed by atoms with Gasteiger partial charge in [0.25, 0.3) is 5.91 Å². The Morgan fingerprint density at radius 3 is 2.60 bits per heavy atom. The minimum Gasteiger partial charge on any atom is -0.379 e. The lowest BCUT2D eigenvalue weighted by molar-refractivity contribution is -0.00923. The Balaban J connectivity index is 1.94. The zero-order chi connectivity index (χ0) is 14.6. The second-order valence-corrected chi connectivity index (χ2v) is 5.91. The van der Waals surface area contributed by atoms with Crippen molar-refractivity contribution in [2.24, 2.45) is 0 Å². The van der Waals surface area contributed by atoms with E-state index in [-0.39, 0.29) is 11.4 Å². The molecule has 0 aliphatic carbocycles. The second-order valence-electron chi connectivity index (χ2n) is 5.91.